The van der Waals surface area contributed by atoms with Crippen LogP contribution in [0.15, 0.2) is 60.9 Å². The average molecular weight is 379 g/mol. The third kappa shape index (κ3) is 3.66. The Labute approximate surface area is 163 Å². The Bertz CT molecular complexity index is 950. The first-order chi connectivity index (χ1) is 13.6. The molecule has 1 aliphatic rings. The van der Waals surface area contributed by atoms with Gasteiger partial charge >= 0.3 is 0 Å². The molecule has 1 fully saturated rings. The molecular weight excluding hydrogens is 357 g/mol. The third-order valence-electron chi connectivity index (χ3n) is 5.08. The molecule has 0 aliphatic carbocycles. The first-order valence-electron chi connectivity index (χ1n) is 9.37. The van der Waals surface area contributed by atoms with Crippen molar-refractivity contribution in [2.45, 2.75) is 18.9 Å². The highest BCUT2D eigenvalue weighted by molar-refractivity contribution is 6.04. The lowest BCUT2D eigenvalue weighted by Gasteiger charge is -2.36. The van der Waals surface area contributed by atoms with Gasteiger partial charge in [0.2, 0.25) is 0 Å². The molecule has 3 heterocycles. The zero-order chi connectivity index (χ0) is 19.5. The maximum atomic E-state index is 14.3. The summed E-state index contributed by atoms with van der Waals surface area (Å²) in [4.78, 5) is 21.1. The summed E-state index contributed by atoms with van der Waals surface area (Å²) in [6.07, 6.45) is 4.85. The van der Waals surface area contributed by atoms with E-state index in [0.717, 1.165) is 31.6 Å². The topological polar surface area (TPSA) is 54.3 Å². The van der Waals surface area contributed by atoms with Crippen LogP contribution < -0.4 is 4.90 Å². The molecule has 0 spiro atoms. The molecule has 4 rings (SSSR count). The van der Waals surface area contributed by atoms with Crippen molar-refractivity contribution in [1.82, 2.24) is 19.7 Å². The van der Waals surface area contributed by atoms with Crippen LogP contribution in [-0.4, -0.2) is 51.8 Å². The Kier molecular flexibility index (Phi) is 5.16. The second-order valence-electron chi connectivity index (χ2n) is 7.00. The molecule has 2 aromatic heterocycles. The molecule has 7 heteroatoms. The number of likely N-dealkylation sites (tertiary alicyclic amines) is 1. The number of piperidine rings is 1. The lowest BCUT2D eigenvalue weighted by Crippen LogP contribution is -2.47. The van der Waals surface area contributed by atoms with Crippen LogP contribution in [0.5, 0.6) is 0 Å². The number of carbonyl (C=O) groups is 1. The molecule has 1 amide bonds. The highest BCUT2D eigenvalue weighted by Gasteiger charge is 2.32. The number of nitrogens with zero attached hydrogens (tertiary/aromatic N) is 5. The van der Waals surface area contributed by atoms with Crippen molar-refractivity contribution < 1.29 is 9.18 Å². The van der Waals surface area contributed by atoms with E-state index in [1.807, 2.05) is 36.5 Å². The van der Waals surface area contributed by atoms with Gasteiger partial charge < -0.3 is 4.90 Å². The Morgan fingerprint density at radius 3 is 2.57 bits per heavy atom. The van der Waals surface area contributed by atoms with Crippen molar-refractivity contribution in [1.29, 1.82) is 0 Å². The van der Waals surface area contributed by atoms with Crippen LogP contribution >= 0.6 is 0 Å². The molecule has 1 aromatic carbocycles. The van der Waals surface area contributed by atoms with Crippen LogP contribution in [0, 0.1) is 5.82 Å². The summed E-state index contributed by atoms with van der Waals surface area (Å²) in [7, 11) is 2.06. The Morgan fingerprint density at radius 2 is 1.86 bits per heavy atom. The largest absolute Gasteiger partial charge is 0.306 e. The van der Waals surface area contributed by atoms with Gasteiger partial charge in [0, 0.05) is 24.5 Å². The lowest BCUT2D eigenvalue weighted by atomic mass is 10.0. The number of hydrogen-bond acceptors (Lipinski definition) is 4. The van der Waals surface area contributed by atoms with E-state index in [1.54, 1.807) is 15.6 Å². The van der Waals surface area contributed by atoms with Crippen molar-refractivity contribution in [2.24, 2.45) is 0 Å². The minimum absolute atomic E-state index is 0.0516. The van der Waals surface area contributed by atoms with E-state index >= 15 is 0 Å². The standard InChI is InChI=1S/C21H22FN5O/c1-25-13-9-17(10-14-25)27(21(28)20-18(22)8-5-12-23-20)19-11-15-26(24-19)16-6-3-2-4-7-16/h2-8,11-12,15,17H,9-10,13-14H2,1H3. The molecule has 1 saturated heterocycles. The molecule has 1 aliphatic heterocycles. The third-order valence-corrected chi connectivity index (χ3v) is 5.08. The smallest absolute Gasteiger partial charge is 0.281 e. The van der Waals surface area contributed by atoms with Gasteiger partial charge in [-0.1, -0.05) is 18.2 Å². The van der Waals surface area contributed by atoms with Crippen molar-refractivity contribution in [2.75, 3.05) is 25.0 Å². The summed E-state index contributed by atoms with van der Waals surface area (Å²) >= 11 is 0. The summed E-state index contributed by atoms with van der Waals surface area (Å²) in [5.41, 5.74) is 0.726. The van der Waals surface area contributed by atoms with Crippen molar-refractivity contribution in [3.05, 3.63) is 72.4 Å². The fraction of sp³-hybridized carbons (Fsp3) is 0.286. The maximum absolute atomic E-state index is 14.3. The minimum atomic E-state index is -0.618. The van der Waals surface area contributed by atoms with Gasteiger partial charge in [-0.2, -0.15) is 0 Å². The Hall–Kier alpha value is -3.06. The normalized spacial score (nSPS) is 15.5. The van der Waals surface area contributed by atoms with Crippen molar-refractivity contribution >= 4 is 11.7 Å². The monoisotopic (exact) mass is 379 g/mol. The quantitative estimate of drug-likeness (QED) is 0.699. The number of rotatable bonds is 4. The zero-order valence-electron chi connectivity index (χ0n) is 15.7. The molecule has 0 bridgehead atoms. The molecule has 0 saturated carbocycles. The van der Waals surface area contributed by atoms with Crippen molar-refractivity contribution in [3.8, 4) is 5.69 Å². The van der Waals surface area contributed by atoms with Gasteiger partial charge in [0.15, 0.2) is 17.3 Å². The number of halogens is 1. The van der Waals surface area contributed by atoms with Crippen LogP contribution in [0.3, 0.4) is 0 Å². The highest BCUT2D eigenvalue weighted by atomic mass is 19.1. The van der Waals surface area contributed by atoms with Gasteiger partial charge in [-0.15, -0.1) is 5.10 Å². The molecule has 144 valence electrons. The summed E-state index contributed by atoms with van der Waals surface area (Å²) in [6.45, 7) is 1.75. The predicted octanol–water partition coefficient (Wildman–Crippen LogP) is 3.15. The van der Waals surface area contributed by atoms with Crippen LogP contribution in [0.1, 0.15) is 23.3 Å². The van der Waals surface area contributed by atoms with Gasteiger partial charge in [-0.05, 0) is 57.2 Å². The van der Waals surface area contributed by atoms with Crippen LogP contribution in [0.25, 0.3) is 5.69 Å². The van der Waals surface area contributed by atoms with E-state index < -0.39 is 11.7 Å². The van der Waals surface area contributed by atoms with E-state index in [0.29, 0.717) is 5.82 Å². The first kappa shape index (κ1) is 18.3. The van der Waals surface area contributed by atoms with E-state index in [9.17, 15) is 9.18 Å². The Balaban J connectivity index is 1.70. The average Bonchev–Trinajstić information content (AvgIpc) is 3.20. The number of pyridine rings is 1. The Morgan fingerprint density at radius 1 is 1.11 bits per heavy atom. The number of aromatic nitrogens is 3. The predicted molar refractivity (Wildman–Crippen MR) is 105 cm³/mol. The zero-order valence-corrected chi connectivity index (χ0v) is 15.7. The molecule has 6 nitrogen and oxygen atoms in total. The number of hydrogen-bond donors (Lipinski definition) is 0. The van der Waals surface area contributed by atoms with Crippen LogP contribution in [0.4, 0.5) is 10.2 Å². The van der Waals surface area contributed by atoms with E-state index in [2.05, 4.69) is 22.0 Å². The minimum Gasteiger partial charge on any atom is -0.306 e. The van der Waals surface area contributed by atoms with Gasteiger partial charge in [-0.3, -0.25) is 9.69 Å². The summed E-state index contributed by atoms with van der Waals surface area (Å²) in [5.74, 6) is -0.563. The molecular formula is C21H22FN5O. The maximum Gasteiger partial charge on any atom is 0.281 e. The number of benzene rings is 1. The molecule has 0 N–H and O–H groups in total. The van der Waals surface area contributed by atoms with Gasteiger partial charge in [-0.25, -0.2) is 14.1 Å². The first-order valence-corrected chi connectivity index (χ1v) is 9.37. The fourth-order valence-electron chi connectivity index (χ4n) is 3.53. The molecule has 0 unspecified atom stereocenters. The van der Waals surface area contributed by atoms with Crippen LogP contribution in [0.2, 0.25) is 0 Å². The van der Waals surface area contributed by atoms with Gasteiger partial charge in [0.05, 0.1) is 5.69 Å². The van der Waals surface area contributed by atoms with E-state index in [4.69, 9.17) is 0 Å². The van der Waals surface area contributed by atoms with E-state index in [-0.39, 0.29) is 11.7 Å². The molecule has 28 heavy (non-hydrogen) atoms. The number of para-hydroxylation sites is 1. The highest BCUT2D eigenvalue weighted by Crippen LogP contribution is 2.25. The lowest BCUT2D eigenvalue weighted by molar-refractivity contribution is 0.0953. The number of carbonyl (C=O) groups excluding carboxylic acids is 1. The summed E-state index contributed by atoms with van der Waals surface area (Å²) in [6, 6.07) is 14.2. The molecule has 0 radical (unpaired) electrons. The number of anilines is 1. The summed E-state index contributed by atoms with van der Waals surface area (Å²) in [5, 5.41) is 4.61. The van der Waals surface area contributed by atoms with Gasteiger partial charge in [0.1, 0.15) is 0 Å². The molecule has 3 aromatic rings. The van der Waals surface area contributed by atoms with Crippen molar-refractivity contribution in [3.63, 3.8) is 0 Å². The van der Waals surface area contributed by atoms with Gasteiger partial charge in [0.25, 0.3) is 5.91 Å². The number of amides is 1. The second-order valence-corrected chi connectivity index (χ2v) is 7.00. The van der Waals surface area contributed by atoms with E-state index in [1.165, 1.54) is 18.3 Å². The molecule has 0 atom stereocenters. The fourth-order valence-corrected chi connectivity index (χ4v) is 3.53. The van der Waals surface area contributed by atoms with Crippen LogP contribution in [-0.2, 0) is 0 Å². The second kappa shape index (κ2) is 7.90. The summed E-state index contributed by atoms with van der Waals surface area (Å²) < 4.78 is 16.0. The SMILES string of the molecule is CN1CCC(N(C(=O)c2ncccc2F)c2ccn(-c3ccccc3)n2)CC1.